The molecule has 0 unspecified atom stereocenters. The summed E-state index contributed by atoms with van der Waals surface area (Å²) in [5.74, 6) is 1.51. The molecule has 0 aliphatic carbocycles. The van der Waals surface area contributed by atoms with E-state index in [2.05, 4.69) is 15.1 Å². The average molecular weight is 266 g/mol. The molecule has 1 aromatic carbocycles. The maximum Gasteiger partial charge on any atom is 0.274 e. The van der Waals surface area contributed by atoms with Gasteiger partial charge in [0, 0.05) is 6.20 Å². The summed E-state index contributed by atoms with van der Waals surface area (Å²) >= 11 is 0. The topological polar surface area (TPSA) is 87.7 Å². The van der Waals surface area contributed by atoms with E-state index in [1.165, 1.54) is 0 Å². The van der Waals surface area contributed by atoms with Gasteiger partial charge >= 0.3 is 0 Å². The normalized spacial score (nSPS) is 10.2. The van der Waals surface area contributed by atoms with Crippen molar-refractivity contribution in [2.24, 2.45) is 0 Å². The van der Waals surface area contributed by atoms with Gasteiger partial charge in [0.25, 0.3) is 5.89 Å². The lowest BCUT2D eigenvalue weighted by Crippen LogP contribution is -1.97. The van der Waals surface area contributed by atoms with Gasteiger partial charge < -0.3 is 14.2 Å². The highest BCUT2D eigenvalue weighted by molar-refractivity contribution is 5.51. The molecule has 0 amide bonds. The number of H-pyrrole nitrogens is 1. The Labute approximate surface area is 114 Å². The van der Waals surface area contributed by atoms with Gasteiger partial charge in [0.15, 0.2) is 6.61 Å². The number of nitriles is 1. The van der Waals surface area contributed by atoms with Gasteiger partial charge in [0.1, 0.15) is 17.5 Å². The Hall–Kier alpha value is -3.07. The van der Waals surface area contributed by atoms with Gasteiger partial charge in [-0.15, -0.1) is 0 Å². The lowest BCUT2D eigenvalue weighted by molar-refractivity contribution is 0.287. The maximum atomic E-state index is 8.76. The van der Waals surface area contributed by atoms with Gasteiger partial charge in [-0.2, -0.15) is 10.2 Å². The number of ether oxygens (including phenoxy) is 1. The van der Waals surface area contributed by atoms with E-state index in [4.69, 9.17) is 14.5 Å². The number of rotatable bonds is 4. The molecule has 0 aliphatic rings. The van der Waals surface area contributed by atoms with E-state index in [1.807, 2.05) is 36.4 Å². The SMILES string of the molecule is N#Cc1c[nH]c(-c2nc(COc3ccccc3)no2)c1. The Bertz CT molecular complexity index is 740. The quantitative estimate of drug-likeness (QED) is 0.783. The second-order valence-electron chi connectivity index (χ2n) is 4.03. The van der Waals surface area contributed by atoms with Crippen molar-refractivity contribution < 1.29 is 9.26 Å². The maximum absolute atomic E-state index is 8.76. The molecule has 6 heteroatoms. The van der Waals surface area contributed by atoms with Crippen LogP contribution in [0.4, 0.5) is 0 Å². The van der Waals surface area contributed by atoms with Crippen LogP contribution in [-0.4, -0.2) is 15.1 Å². The van der Waals surface area contributed by atoms with Crippen LogP contribution in [0.5, 0.6) is 5.75 Å². The highest BCUT2D eigenvalue weighted by Crippen LogP contribution is 2.17. The molecule has 0 aliphatic heterocycles. The predicted octanol–water partition coefficient (Wildman–Crippen LogP) is 2.52. The van der Waals surface area contributed by atoms with Crippen LogP contribution >= 0.6 is 0 Å². The van der Waals surface area contributed by atoms with Crippen LogP contribution in [-0.2, 0) is 6.61 Å². The van der Waals surface area contributed by atoms with Crippen molar-refractivity contribution in [3.05, 3.63) is 54.0 Å². The van der Waals surface area contributed by atoms with E-state index in [0.29, 0.717) is 23.0 Å². The molecular weight excluding hydrogens is 256 g/mol. The zero-order valence-electron chi connectivity index (χ0n) is 10.4. The lowest BCUT2D eigenvalue weighted by Gasteiger charge is -2.01. The van der Waals surface area contributed by atoms with Crippen molar-refractivity contribution in [2.75, 3.05) is 0 Å². The van der Waals surface area contributed by atoms with E-state index in [0.717, 1.165) is 5.75 Å². The van der Waals surface area contributed by atoms with Gasteiger partial charge in [-0.05, 0) is 18.2 Å². The largest absolute Gasteiger partial charge is 0.485 e. The van der Waals surface area contributed by atoms with E-state index in [9.17, 15) is 0 Å². The summed E-state index contributed by atoms with van der Waals surface area (Å²) in [5.41, 5.74) is 1.13. The van der Waals surface area contributed by atoms with Crippen LogP contribution in [0.25, 0.3) is 11.6 Å². The summed E-state index contributed by atoms with van der Waals surface area (Å²) in [7, 11) is 0. The van der Waals surface area contributed by atoms with Crippen LogP contribution in [0.15, 0.2) is 47.1 Å². The van der Waals surface area contributed by atoms with E-state index in [-0.39, 0.29) is 6.61 Å². The molecule has 1 N–H and O–H groups in total. The van der Waals surface area contributed by atoms with Crippen molar-refractivity contribution in [3.8, 4) is 23.4 Å². The highest BCUT2D eigenvalue weighted by atomic mass is 16.5. The first-order valence-electron chi connectivity index (χ1n) is 5.94. The summed E-state index contributed by atoms with van der Waals surface area (Å²) in [6.07, 6.45) is 1.58. The molecule has 20 heavy (non-hydrogen) atoms. The fourth-order valence-corrected chi connectivity index (χ4v) is 1.67. The Morgan fingerprint density at radius 1 is 1.30 bits per heavy atom. The Morgan fingerprint density at radius 3 is 2.90 bits per heavy atom. The molecule has 0 saturated carbocycles. The number of aromatic nitrogens is 3. The second kappa shape index (κ2) is 5.28. The molecule has 0 fully saturated rings. The number of hydrogen-bond donors (Lipinski definition) is 1. The van der Waals surface area contributed by atoms with E-state index >= 15 is 0 Å². The molecular formula is C14H10N4O2. The van der Waals surface area contributed by atoms with Gasteiger partial charge in [-0.3, -0.25) is 0 Å². The molecule has 0 saturated heterocycles. The van der Waals surface area contributed by atoms with Gasteiger partial charge in [0.2, 0.25) is 5.82 Å². The fraction of sp³-hybridized carbons (Fsp3) is 0.0714. The lowest BCUT2D eigenvalue weighted by atomic mass is 10.3. The number of nitrogens with one attached hydrogen (secondary N) is 1. The molecule has 3 aromatic rings. The molecule has 0 spiro atoms. The number of para-hydroxylation sites is 1. The minimum absolute atomic E-state index is 0.222. The Morgan fingerprint density at radius 2 is 2.15 bits per heavy atom. The predicted molar refractivity (Wildman–Crippen MR) is 69.6 cm³/mol. The average Bonchev–Trinajstić information content (AvgIpc) is 3.15. The first-order valence-corrected chi connectivity index (χ1v) is 5.94. The zero-order valence-corrected chi connectivity index (χ0v) is 10.4. The highest BCUT2D eigenvalue weighted by Gasteiger charge is 2.11. The second-order valence-corrected chi connectivity index (χ2v) is 4.03. The molecule has 0 radical (unpaired) electrons. The zero-order chi connectivity index (χ0) is 13.8. The standard InChI is InChI=1S/C14H10N4O2/c15-7-10-6-12(16-8-10)14-17-13(18-20-14)9-19-11-4-2-1-3-5-11/h1-6,8,16H,9H2. The fourth-order valence-electron chi connectivity index (χ4n) is 1.67. The first kappa shape index (κ1) is 12.0. The number of aromatic amines is 1. The van der Waals surface area contributed by atoms with Crippen LogP contribution in [0.2, 0.25) is 0 Å². The van der Waals surface area contributed by atoms with Crippen molar-refractivity contribution in [1.82, 2.24) is 15.1 Å². The monoisotopic (exact) mass is 266 g/mol. The summed E-state index contributed by atoms with van der Waals surface area (Å²) in [5, 5.41) is 12.6. The van der Waals surface area contributed by atoms with E-state index < -0.39 is 0 Å². The molecule has 98 valence electrons. The molecule has 2 heterocycles. The summed E-state index contributed by atoms with van der Waals surface area (Å²) in [6.45, 7) is 0.222. The molecule has 6 nitrogen and oxygen atoms in total. The third-order valence-electron chi connectivity index (χ3n) is 2.62. The molecule has 0 bridgehead atoms. The van der Waals surface area contributed by atoms with Crippen LogP contribution in [0.1, 0.15) is 11.4 Å². The Kier molecular flexibility index (Phi) is 3.17. The number of nitrogens with zero attached hydrogens (tertiary/aromatic N) is 3. The van der Waals surface area contributed by atoms with Gasteiger partial charge in [0.05, 0.1) is 5.56 Å². The number of benzene rings is 1. The minimum atomic E-state index is 0.222. The molecule has 2 aromatic heterocycles. The Balaban J connectivity index is 1.69. The van der Waals surface area contributed by atoms with Gasteiger partial charge in [-0.25, -0.2) is 0 Å². The molecule has 0 atom stereocenters. The third-order valence-corrected chi connectivity index (χ3v) is 2.62. The van der Waals surface area contributed by atoms with Crippen molar-refractivity contribution in [2.45, 2.75) is 6.61 Å². The van der Waals surface area contributed by atoms with Crippen molar-refractivity contribution in [3.63, 3.8) is 0 Å². The third kappa shape index (κ3) is 2.52. The van der Waals surface area contributed by atoms with Crippen molar-refractivity contribution >= 4 is 0 Å². The van der Waals surface area contributed by atoms with Crippen LogP contribution in [0, 0.1) is 11.3 Å². The summed E-state index contributed by atoms with van der Waals surface area (Å²) in [4.78, 5) is 7.10. The van der Waals surface area contributed by atoms with E-state index in [1.54, 1.807) is 12.3 Å². The molecule has 3 rings (SSSR count). The summed E-state index contributed by atoms with van der Waals surface area (Å²) in [6, 6.07) is 13.1. The first-order chi connectivity index (χ1) is 9.85. The number of hydrogen-bond acceptors (Lipinski definition) is 5. The summed E-state index contributed by atoms with van der Waals surface area (Å²) < 4.78 is 10.6. The minimum Gasteiger partial charge on any atom is -0.485 e. The van der Waals surface area contributed by atoms with Crippen molar-refractivity contribution in [1.29, 1.82) is 5.26 Å². The van der Waals surface area contributed by atoms with Crippen LogP contribution in [0.3, 0.4) is 0 Å². The smallest absolute Gasteiger partial charge is 0.274 e. The van der Waals surface area contributed by atoms with Gasteiger partial charge in [-0.1, -0.05) is 23.4 Å². The van der Waals surface area contributed by atoms with Crippen LogP contribution < -0.4 is 4.74 Å².